The number of amides is 1. The van der Waals surface area contributed by atoms with Crippen LogP contribution in [-0.4, -0.2) is 36.7 Å². The summed E-state index contributed by atoms with van der Waals surface area (Å²) in [5, 5.41) is 0. The number of rotatable bonds is 6. The first-order valence-electron chi connectivity index (χ1n) is 9.18. The fraction of sp³-hybridized carbons (Fsp3) is 0.381. The molecule has 4 rings (SSSR count). The van der Waals surface area contributed by atoms with Crippen LogP contribution in [0.3, 0.4) is 0 Å². The molecule has 27 heavy (non-hydrogen) atoms. The summed E-state index contributed by atoms with van der Waals surface area (Å²) in [6.45, 7) is 2.49. The van der Waals surface area contributed by atoms with E-state index in [0.717, 1.165) is 31.6 Å². The van der Waals surface area contributed by atoms with Gasteiger partial charge in [-0.15, -0.1) is 0 Å². The third kappa shape index (κ3) is 3.60. The van der Waals surface area contributed by atoms with Crippen molar-refractivity contribution in [2.75, 3.05) is 25.9 Å². The molecule has 2 unspecified atom stereocenters. The molecule has 0 bridgehead atoms. The molecule has 6 heteroatoms. The number of halogens is 2. The maximum atomic E-state index is 14.3. The van der Waals surface area contributed by atoms with Gasteiger partial charge >= 0.3 is 0 Å². The van der Waals surface area contributed by atoms with Crippen LogP contribution in [0.25, 0.3) is 11.1 Å². The van der Waals surface area contributed by atoms with Crippen LogP contribution in [0.5, 0.6) is 0 Å². The van der Waals surface area contributed by atoms with Gasteiger partial charge in [0, 0.05) is 31.5 Å². The lowest BCUT2D eigenvalue weighted by Crippen LogP contribution is -2.53. The Kier molecular flexibility index (Phi) is 5.19. The van der Waals surface area contributed by atoms with E-state index in [2.05, 4.69) is 4.72 Å². The largest absolute Gasteiger partial charge is 0.342 e. The van der Waals surface area contributed by atoms with Crippen molar-refractivity contribution in [2.24, 2.45) is 11.8 Å². The van der Waals surface area contributed by atoms with Crippen molar-refractivity contribution < 1.29 is 13.6 Å². The first-order chi connectivity index (χ1) is 13.1. The molecule has 1 saturated carbocycles. The fourth-order valence-corrected chi connectivity index (χ4v) is 4.33. The zero-order valence-electron chi connectivity index (χ0n) is 15.1. The maximum absolute atomic E-state index is 14.3. The smallest absolute Gasteiger partial charge is 0.226 e. The average molecular weight is 388 g/mol. The highest BCUT2D eigenvalue weighted by Crippen LogP contribution is 2.52. The molecule has 1 amide bonds. The zero-order valence-corrected chi connectivity index (χ0v) is 15.9. The second-order valence-electron chi connectivity index (χ2n) is 7.29. The zero-order chi connectivity index (χ0) is 19.0. The van der Waals surface area contributed by atoms with Crippen LogP contribution >= 0.6 is 11.9 Å². The van der Waals surface area contributed by atoms with Crippen molar-refractivity contribution in [3.8, 4) is 11.1 Å². The molecule has 142 valence electrons. The van der Waals surface area contributed by atoms with Gasteiger partial charge in [0.25, 0.3) is 0 Å². The van der Waals surface area contributed by atoms with Crippen molar-refractivity contribution >= 4 is 17.9 Å². The van der Waals surface area contributed by atoms with Crippen molar-refractivity contribution in [1.82, 2.24) is 9.62 Å². The predicted molar refractivity (Wildman–Crippen MR) is 104 cm³/mol. The summed E-state index contributed by atoms with van der Waals surface area (Å²) in [7, 11) is 0. The Morgan fingerprint density at radius 2 is 1.85 bits per heavy atom. The molecule has 0 radical (unpaired) electrons. The summed E-state index contributed by atoms with van der Waals surface area (Å²) < 4.78 is 31.8. The number of hydrogen-bond acceptors (Lipinski definition) is 3. The third-order valence-electron chi connectivity index (χ3n) is 5.49. The Bertz CT molecular complexity index is 834. The summed E-state index contributed by atoms with van der Waals surface area (Å²) in [6.07, 6.45) is 2.74. The van der Waals surface area contributed by atoms with Crippen molar-refractivity contribution in [3.63, 3.8) is 0 Å². The highest BCUT2D eigenvalue weighted by Gasteiger charge is 2.48. The standard InChI is InChI=1S/C21H22F2N2OS/c1-27-24-10-13-11-25(12-13)21(26)17-9-16(17)14-5-2-3-6-15(14)20-18(22)7-4-8-19(20)23/h2-8,13,16-17,24H,9-12H2,1H3. The average Bonchev–Trinajstić information content (AvgIpc) is 3.41. The summed E-state index contributed by atoms with van der Waals surface area (Å²) >= 11 is 1.59. The van der Waals surface area contributed by atoms with Crippen LogP contribution in [0.2, 0.25) is 0 Å². The minimum atomic E-state index is -0.571. The van der Waals surface area contributed by atoms with Gasteiger partial charge in [0.1, 0.15) is 11.6 Å². The molecule has 2 fully saturated rings. The van der Waals surface area contributed by atoms with Gasteiger partial charge in [0.05, 0.1) is 5.56 Å². The van der Waals surface area contributed by atoms with Crippen LogP contribution in [0.4, 0.5) is 8.78 Å². The van der Waals surface area contributed by atoms with Gasteiger partial charge in [-0.25, -0.2) is 8.78 Å². The van der Waals surface area contributed by atoms with Gasteiger partial charge in [-0.05, 0) is 41.9 Å². The molecular weight excluding hydrogens is 366 g/mol. The first-order valence-corrected chi connectivity index (χ1v) is 10.4. The summed E-state index contributed by atoms with van der Waals surface area (Å²) in [5.41, 5.74) is 1.42. The normalized spacial score (nSPS) is 21.8. The van der Waals surface area contributed by atoms with Crippen molar-refractivity contribution in [3.05, 3.63) is 59.7 Å². The molecule has 3 nitrogen and oxygen atoms in total. The van der Waals surface area contributed by atoms with Gasteiger partial charge < -0.3 is 4.90 Å². The highest BCUT2D eigenvalue weighted by molar-refractivity contribution is 7.96. The first kappa shape index (κ1) is 18.4. The van der Waals surface area contributed by atoms with Gasteiger partial charge in [-0.2, -0.15) is 0 Å². The molecule has 2 aromatic rings. The number of carbonyl (C=O) groups excluding carboxylic acids is 1. The molecule has 1 N–H and O–H groups in total. The van der Waals surface area contributed by atoms with Crippen LogP contribution in [0, 0.1) is 23.5 Å². The summed E-state index contributed by atoms with van der Waals surface area (Å²) in [6, 6.07) is 11.2. The van der Waals surface area contributed by atoms with Gasteiger partial charge in [-0.1, -0.05) is 42.3 Å². The third-order valence-corrected chi connectivity index (χ3v) is 5.94. The Balaban J connectivity index is 1.48. The van der Waals surface area contributed by atoms with E-state index < -0.39 is 11.6 Å². The molecule has 0 spiro atoms. The lowest BCUT2D eigenvalue weighted by atomic mass is 9.94. The molecule has 1 saturated heterocycles. The topological polar surface area (TPSA) is 32.3 Å². The molecular formula is C21H22F2N2OS. The molecule has 1 heterocycles. The second kappa shape index (κ2) is 7.60. The highest BCUT2D eigenvalue weighted by atomic mass is 32.2. The number of nitrogens with zero attached hydrogens (tertiary/aromatic N) is 1. The number of likely N-dealkylation sites (tertiary alicyclic amines) is 1. The minimum absolute atomic E-state index is 0.00152. The van der Waals surface area contributed by atoms with E-state index in [1.54, 1.807) is 24.1 Å². The number of carbonyl (C=O) groups is 1. The van der Waals surface area contributed by atoms with E-state index >= 15 is 0 Å². The Morgan fingerprint density at radius 1 is 1.15 bits per heavy atom. The van der Waals surface area contributed by atoms with E-state index in [1.807, 2.05) is 23.3 Å². The van der Waals surface area contributed by atoms with Crippen molar-refractivity contribution in [2.45, 2.75) is 12.3 Å². The van der Waals surface area contributed by atoms with Gasteiger partial charge in [0.2, 0.25) is 5.91 Å². The summed E-state index contributed by atoms with van der Waals surface area (Å²) in [4.78, 5) is 14.6. The number of hydrogen-bond donors (Lipinski definition) is 1. The van der Waals surface area contributed by atoms with E-state index in [9.17, 15) is 13.6 Å². The van der Waals surface area contributed by atoms with Crippen LogP contribution < -0.4 is 4.72 Å². The van der Waals surface area contributed by atoms with Gasteiger partial charge in [0.15, 0.2) is 0 Å². The Morgan fingerprint density at radius 3 is 2.56 bits per heavy atom. The molecule has 2 aliphatic rings. The molecule has 2 atom stereocenters. The lowest BCUT2D eigenvalue weighted by Gasteiger charge is -2.39. The van der Waals surface area contributed by atoms with Crippen LogP contribution in [0.1, 0.15) is 17.9 Å². The molecule has 1 aliphatic carbocycles. The van der Waals surface area contributed by atoms with E-state index in [4.69, 9.17) is 0 Å². The molecule has 2 aromatic carbocycles. The quantitative estimate of drug-likeness (QED) is 0.758. The lowest BCUT2D eigenvalue weighted by molar-refractivity contribution is -0.138. The summed E-state index contributed by atoms with van der Waals surface area (Å²) in [5.74, 6) is -0.496. The maximum Gasteiger partial charge on any atom is 0.226 e. The van der Waals surface area contributed by atoms with Crippen LogP contribution in [-0.2, 0) is 4.79 Å². The SMILES string of the molecule is CSNCC1CN(C(=O)C2CC2c2ccccc2-c2c(F)cccc2F)C1. The van der Waals surface area contributed by atoms with Gasteiger partial charge in [-0.3, -0.25) is 9.52 Å². The van der Waals surface area contributed by atoms with Crippen molar-refractivity contribution in [1.29, 1.82) is 0 Å². The van der Waals surface area contributed by atoms with E-state index in [0.29, 0.717) is 11.5 Å². The Hall–Kier alpha value is -1.92. The monoisotopic (exact) mass is 388 g/mol. The molecule has 0 aromatic heterocycles. The minimum Gasteiger partial charge on any atom is -0.342 e. The van der Waals surface area contributed by atoms with Crippen LogP contribution in [0.15, 0.2) is 42.5 Å². The number of benzene rings is 2. The molecule has 1 aliphatic heterocycles. The predicted octanol–water partition coefficient (Wildman–Crippen LogP) is 4.06. The second-order valence-corrected chi connectivity index (χ2v) is 7.99. The Labute approximate surface area is 162 Å². The van der Waals surface area contributed by atoms with E-state index in [1.165, 1.54) is 18.2 Å². The van der Waals surface area contributed by atoms with E-state index in [-0.39, 0.29) is 23.3 Å². The number of nitrogens with one attached hydrogen (secondary N) is 1. The fourth-order valence-electron chi connectivity index (χ4n) is 3.93.